The molecule has 2 rings (SSSR count). The molecule has 1 amide bonds. The molecule has 1 heterocycles. The van der Waals surface area contributed by atoms with Gasteiger partial charge in [-0.05, 0) is 30.3 Å². The van der Waals surface area contributed by atoms with Gasteiger partial charge >= 0.3 is 5.97 Å². The molecule has 0 atom stereocenters. The smallest absolute Gasteiger partial charge is 0.359 e. The Balaban J connectivity index is 1.95. The third-order valence-corrected chi connectivity index (χ3v) is 3.13. The molecule has 0 bridgehead atoms. The molecule has 0 fully saturated rings. The minimum Gasteiger partial charge on any atom is -0.451 e. The van der Waals surface area contributed by atoms with Crippen LogP contribution in [0.15, 0.2) is 36.4 Å². The van der Waals surface area contributed by atoms with Crippen molar-refractivity contribution in [2.24, 2.45) is 0 Å². The number of carbonyl (C=O) groups is 2. The Bertz CT molecular complexity index is 803. The van der Waals surface area contributed by atoms with Crippen LogP contribution in [0.25, 0.3) is 0 Å². The molecular formula is C15H9Cl2N3O3. The van der Waals surface area contributed by atoms with E-state index in [1.807, 2.05) is 6.07 Å². The maximum Gasteiger partial charge on any atom is 0.359 e. The first-order valence-electron chi connectivity index (χ1n) is 6.29. The molecule has 0 aliphatic heterocycles. The van der Waals surface area contributed by atoms with E-state index in [1.165, 1.54) is 18.2 Å². The lowest BCUT2D eigenvalue weighted by atomic mass is 10.2. The molecule has 6 nitrogen and oxygen atoms in total. The molecule has 2 aromatic rings. The Hall–Kier alpha value is -2.62. The molecule has 0 radical (unpaired) electrons. The number of nitrogens with one attached hydrogen (secondary N) is 1. The van der Waals surface area contributed by atoms with Gasteiger partial charge in [0, 0.05) is 5.69 Å². The highest BCUT2D eigenvalue weighted by Crippen LogP contribution is 2.17. The van der Waals surface area contributed by atoms with Crippen LogP contribution in [0.1, 0.15) is 16.1 Å². The molecule has 0 saturated heterocycles. The maximum atomic E-state index is 11.8. The predicted octanol–water partition coefficient (Wildman–Crippen LogP) is 3.06. The van der Waals surface area contributed by atoms with Crippen molar-refractivity contribution in [3.8, 4) is 6.07 Å². The quantitative estimate of drug-likeness (QED) is 0.676. The van der Waals surface area contributed by atoms with Gasteiger partial charge in [-0.25, -0.2) is 9.78 Å². The van der Waals surface area contributed by atoms with Crippen molar-refractivity contribution < 1.29 is 14.3 Å². The van der Waals surface area contributed by atoms with Crippen molar-refractivity contribution in [3.05, 3.63) is 57.8 Å². The summed E-state index contributed by atoms with van der Waals surface area (Å²) in [6.45, 7) is -0.528. The molecule has 0 spiro atoms. The third kappa shape index (κ3) is 4.68. The van der Waals surface area contributed by atoms with Gasteiger partial charge in [-0.3, -0.25) is 4.79 Å². The Labute approximate surface area is 141 Å². The number of anilines is 1. The van der Waals surface area contributed by atoms with E-state index in [9.17, 15) is 9.59 Å². The number of hydrogen-bond donors (Lipinski definition) is 1. The van der Waals surface area contributed by atoms with Gasteiger partial charge < -0.3 is 10.1 Å². The van der Waals surface area contributed by atoms with Crippen LogP contribution in [-0.4, -0.2) is 23.5 Å². The summed E-state index contributed by atoms with van der Waals surface area (Å²) in [6, 6.07) is 11.1. The topological polar surface area (TPSA) is 92.1 Å². The number of nitriles is 1. The van der Waals surface area contributed by atoms with Crippen molar-refractivity contribution in [2.75, 3.05) is 11.9 Å². The normalized spacial score (nSPS) is 9.78. The molecule has 23 heavy (non-hydrogen) atoms. The highest BCUT2D eigenvalue weighted by atomic mass is 35.5. The number of nitrogens with zero attached hydrogens (tertiary/aromatic N) is 2. The first kappa shape index (κ1) is 16.7. The molecule has 0 aliphatic rings. The Morgan fingerprint density at radius 3 is 2.78 bits per heavy atom. The number of amides is 1. The molecule has 8 heteroatoms. The standard InChI is InChI=1S/C15H9Cl2N3O3/c16-11-4-5-12(17)20-14(11)15(22)23-8-13(21)19-10-3-1-2-9(6-10)7-18/h1-6H,8H2,(H,19,21). The largest absolute Gasteiger partial charge is 0.451 e. The van der Waals surface area contributed by atoms with E-state index in [2.05, 4.69) is 10.3 Å². The summed E-state index contributed by atoms with van der Waals surface area (Å²) in [6.07, 6.45) is 0. The zero-order valence-electron chi connectivity index (χ0n) is 11.5. The second kappa shape index (κ2) is 7.58. The third-order valence-electron chi connectivity index (χ3n) is 2.62. The fourth-order valence-electron chi connectivity index (χ4n) is 1.62. The maximum absolute atomic E-state index is 11.8. The highest BCUT2D eigenvalue weighted by Gasteiger charge is 2.16. The van der Waals surface area contributed by atoms with Gasteiger partial charge in [0.05, 0.1) is 16.7 Å². The van der Waals surface area contributed by atoms with Crippen LogP contribution >= 0.6 is 23.2 Å². The molecule has 1 N–H and O–H groups in total. The van der Waals surface area contributed by atoms with Gasteiger partial charge in [-0.2, -0.15) is 5.26 Å². The molecule has 0 saturated carbocycles. The number of pyridine rings is 1. The zero-order valence-corrected chi connectivity index (χ0v) is 13.1. The molecule has 0 unspecified atom stereocenters. The molecule has 1 aromatic heterocycles. The van der Waals surface area contributed by atoms with Gasteiger partial charge in [0.25, 0.3) is 5.91 Å². The number of hydrogen-bond acceptors (Lipinski definition) is 5. The van der Waals surface area contributed by atoms with E-state index in [-0.39, 0.29) is 15.9 Å². The van der Waals surface area contributed by atoms with Crippen molar-refractivity contribution >= 4 is 40.8 Å². The predicted molar refractivity (Wildman–Crippen MR) is 84.3 cm³/mol. The van der Waals surface area contributed by atoms with Crippen LogP contribution in [0.2, 0.25) is 10.2 Å². The van der Waals surface area contributed by atoms with Crippen LogP contribution in [0.5, 0.6) is 0 Å². The number of halogens is 2. The number of carbonyl (C=O) groups excluding carboxylic acids is 2. The van der Waals surface area contributed by atoms with Crippen LogP contribution in [-0.2, 0) is 9.53 Å². The lowest BCUT2D eigenvalue weighted by molar-refractivity contribution is -0.119. The van der Waals surface area contributed by atoms with E-state index in [0.717, 1.165) is 0 Å². The fraction of sp³-hybridized carbons (Fsp3) is 0.0667. The molecule has 1 aromatic carbocycles. The van der Waals surface area contributed by atoms with E-state index in [4.69, 9.17) is 33.2 Å². The van der Waals surface area contributed by atoms with E-state index in [0.29, 0.717) is 11.3 Å². The monoisotopic (exact) mass is 349 g/mol. The number of rotatable bonds is 4. The average molecular weight is 350 g/mol. The van der Waals surface area contributed by atoms with Crippen molar-refractivity contribution in [3.63, 3.8) is 0 Å². The number of esters is 1. The Morgan fingerprint density at radius 1 is 1.26 bits per heavy atom. The molecule has 0 aliphatic carbocycles. The highest BCUT2D eigenvalue weighted by molar-refractivity contribution is 6.34. The lowest BCUT2D eigenvalue weighted by Crippen LogP contribution is -2.21. The van der Waals surface area contributed by atoms with E-state index in [1.54, 1.807) is 18.2 Å². The van der Waals surface area contributed by atoms with Crippen LogP contribution in [0.3, 0.4) is 0 Å². The molecule has 116 valence electrons. The first-order chi connectivity index (χ1) is 11.0. The van der Waals surface area contributed by atoms with Crippen molar-refractivity contribution in [1.29, 1.82) is 5.26 Å². The van der Waals surface area contributed by atoms with E-state index < -0.39 is 18.5 Å². The van der Waals surface area contributed by atoms with Crippen molar-refractivity contribution in [2.45, 2.75) is 0 Å². The number of aromatic nitrogens is 1. The van der Waals surface area contributed by atoms with Gasteiger partial charge in [-0.15, -0.1) is 0 Å². The molecular weight excluding hydrogens is 341 g/mol. The second-order valence-corrected chi connectivity index (χ2v) is 5.08. The summed E-state index contributed by atoms with van der Waals surface area (Å²) in [5.41, 5.74) is 0.650. The van der Waals surface area contributed by atoms with Gasteiger partial charge in [0.15, 0.2) is 12.3 Å². The number of benzene rings is 1. The minimum absolute atomic E-state index is 0.0709. The Morgan fingerprint density at radius 2 is 2.04 bits per heavy atom. The SMILES string of the molecule is N#Cc1cccc(NC(=O)COC(=O)c2nc(Cl)ccc2Cl)c1. The number of ether oxygens (including phenoxy) is 1. The minimum atomic E-state index is -0.863. The zero-order chi connectivity index (χ0) is 16.8. The Kier molecular flexibility index (Phi) is 5.52. The summed E-state index contributed by atoms with van der Waals surface area (Å²) in [4.78, 5) is 27.3. The van der Waals surface area contributed by atoms with Crippen LogP contribution < -0.4 is 5.32 Å². The first-order valence-corrected chi connectivity index (χ1v) is 7.04. The second-order valence-electron chi connectivity index (χ2n) is 4.28. The van der Waals surface area contributed by atoms with Gasteiger partial charge in [0.1, 0.15) is 5.15 Å². The lowest BCUT2D eigenvalue weighted by Gasteiger charge is -2.07. The van der Waals surface area contributed by atoms with Crippen LogP contribution in [0, 0.1) is 11.3 Å². The fourth-order valence-corrected chi connectivity index (χ4v) is 1.95. The van der Waals surface area contributed by atoms with Crippen LogP contribution in [0.4, 0.5) is 5.69 Å². The summed E-state index contributed by atoms with van der Waals surface area (Å²) < 4.78 is 4.83. The summed E-state index contributed by atoms with van der Waals surface area (Å²) >= 11 is 11.5. The summed E-state index contributed by atoms with van der Waals surface area (Å²) in [5, 5.41) is 11.4. The van der Waals surface area contributed by atoms with Gasteiger partial charge in [0.2, 0.25) is 0 Å². The van der Waals surface area contributed by atoms with Crippen molar-refractivity contribution in [1.82, 2.24) is 4.98 Å². The summed E-state index contributed by atoms with van der Waals surface area (Å²) in [5.74, 6) is -1.43. The van der Waals surface area contributed by atoms with E-state index >= 15 is 0 Å². The summed E-state index contributed by atoms with van der Waals surface area (Å²) in [7, 11) is 0. The van der Waals surface area contributed by atoms with Gasteiger partial charge in [-0.1, -0.05) is 29.3 Å². The average Bonchev–Trinajstić information content (AvgIpc) is 2.55.